The minimum absolute atomic E-state index is 0.0167. The molecule has 2 N–H and O–H groups in total. The van der Waals surface area contributed by atoms with E-state index < -0.39 is 0 Å². The molecule has 0 unspecified atom stereocenters. The second-order valence-electron chi connectivity index (χ2n) is 10.0. The first-order chi connectivity index (χ1) is 17.9. The van der Waals surface area contributed by atoms with E-state index in [9.17, 15) is 14.4 Å². The van der Waals surface area contributed by atoms with E-state index >= 15 is 0 Å². The highest BCUT2D eigenvalue weighted by Gasteiger charge is 2.27. The Labute approximate surface area is 220 Å². The van der Waals surface area contributed by atoms with E-state index in [1.807, 2.05) is 47.4 Å². The Morgan fingerprint density at radius 2 is 1.65 bits per heavy atom. The third-order valence-corrected chi connectivity index (χ3v) is 7.28. The summed E-state index contributed by atoms with van der Waals surface area (Å²) in [5.74, 6) is -0.203. The molecule has 1 heterocycles. The Hall–Kier alpha value is -3.55. The van der Waals surface area contributed by atoms with Gasteiger partial charge >= 0.3 is 6.03 Å². The average Bonchev–Trinajstić information content (AvgIpc) is 2.93. The lowest BCUT2D eigenvalue weighted by Crippen LogP contribution is -2.54. The Kier molecular flexibility index (Phi) is 9.04. The average molecular weight is 506 g/mol. The van der Waals surface area contributed by atoms with Gasteiger partial charge in [-0.05, 0) is 36.6 Å². The summed E-state index contributed by atoms with van der Waals surface area (Å²) >= 11 is 0. The molecule has 2 aliphatic rings. The van der Waals surface area contributed by atoms with Gasteiger partial charge in [0, 0.05) is 63.6 Å². The number of piperazine rings is 1. The van der Waals surface area contributed by atoms with Gasteiger partial charge in [-0.15, -0.1) is 0 Å². The molecule has 1 saturated heterocycles. The molecule has 1 aliphatic heterocycles. The zero-order valence-electron chi connectivity index (χ0n) is 22.0. The van der Waals surface area contributed by atoms with E-state index in [1.165, 1.54) is 19.3 Å². The predicted octanol–water partition coefficient (Wildman–Crippen LogP) is 4.47. The van der Waals surface area contributed by atoms with Crippen molar-refractivity contribution in [2.75, 3.05) is 43.4 Å². The monoisotopic (exact) mass is 505 g/mol. The molecule has 4 rings (SSSR count). The number of urea groups is 1. The van der Waals surface area contributed by atoms with Crippen LogP contribution in [0.1, 0.15) is 61.4 Å². The summed E-state index contributed by atoms with van der Waals surface area (Å²) in [5.41, 5.74) is 3.03. The van der Waals surface area contributed by atoms with Crippen LogP contribution >= 0.6 is 0 Å². The molecule has 2 aromatic rings. The van der Waals surface area contributed by atoms with E-state index in [0.717, 1.165) is 24.1 Å². The van der Waals surface area contributed by atoms with Crippen LogP contribution in [-0.2, 0) is 11.3 Å². The van der Waals surface area contributed by atoms with Gasteiger partial charge in [0.05, 0.1) is 5.56 Å². The second kappa shape index (κ2) is 12.6. The summed E-state index contributed by atoms with van der Waals surface area (Å²) in [5, 5.41) is 6.09. The third kappa shape index (κ3) is 7.02. The standard InChI is InChI=1S/C29H39N5O3/c1-3-27(35)30-24-14-15-26(25(20-24)28(36)32(2)21-22-10-6-4-7-11-22)33-16-18-34(19-17-33)29(37)31-23-12-8-5-9-13-23/h4,6-7,10-11,14-15,20,23H,3,5,8-9,12-13,16-19,21H2,1-2H3,(H,30,35)(H,31,37). The molecule has 2 fully saturated rings. The van der Waals surface area contributed by atoms with Crippen LogP contribution in [0.3, 0.4) is 0 Å². The zero-order chi connectivity index (χ0) is 26.2. The van der Waals surface area contributed by atoms with Crippen molar-refractivity contribution in [3.8, 4) is 0 Å². The van der Waals surface area contributed by atoms with Crippen molar-refractivity contribution in [2.45, 2.75) is 58.0 Å². The van der Waals surface area contributed by atoms with Crippen LogP contribution in [0.5, 0.6) is 0 Å². The highest BCUT2D eigenvalue weighted by Crippen LogP contribution is 2.28. The maximum Gasteiger partial charge on any atom is 0.317 e. The third-order valence-electron chi connectivity index (χ3n) is 7.28. The van der Waals surface area contributed by atoms with Gasteiger partial charge in [0.1, 0.15) is 0 Å². The molecule has 0 aromatic heterocycles. The number of nitrogens with zero attached hydrogens (tertiary/aromatic N) is 3. The van der Waals surface area contributed by atoms with Crippen molar-refractivity contribution in [2.24, 2.45) is 0 Å². The highest BCUT2D eigenvalue weighted by molar-refractivity contribution is 6.02. The van der Waals surface area contributed by atoms with E-state index in [4.69, 9.17) is 0 Å². The highest BCUT2D eigenvalue weighted by atomic mass is 16.2. The lowest BCUT2D eigenvalue weighted by molar-refractivity contribution is -0.115. The van der Waals surface area contributed by atoms with Gasteiger partial charge in [0.15, 0.2) is 0 Å². The van der Waals surface area contributed by atoms with Gasteiger partial charge in [-0.3, -0.25) is 9.59 Å². The molecule has 0 spiro atoms. The van der Waals surface area contributed by atoms with Crippen LogP contribution < -0.4 is 15.5 Å². The molecule has 0 bridgehead atoms. The molecule has 1 aliphatic carbocycles. The van der Waals surface area contributed by atoms with Gasteiger partial charge in [-0.1, -0.05) is 56.5 Å². The number of hydrogen-bond acceptors (Lipinski definition) is 4. The van der Waals surface area contributed by atoms with Gasteiger partial charge in [-0.25, -0.2) is 4.79 Å². The van der Waals surface area contributed by atoms with Crippen molar-refractivity contribution < 1.29 is 14.4 Å². The largest absolute Gasteiger partial charge is 0.367 e. The summed E-state index contributed by atoms with van der Waals surface area (Å²) in [4.78, 5) is 44.2. The molecule has 37 heavy (non-hydrogen) atoms. The van der Waals surface area contributed by atoms with Crippen LogP contribution in [0.4, 0.5) is 16.2 Å². The summed E-state index contributed by atoms with van der Waals surface area (Å²) < 4.78 is 0. The van der Waals surface area contributed by atoms with Gasteiger partial charge in [0.25, 0.3) is 5.91 Å². The number of hydrogen-bond donors (Lipinski definition) is 2. The topological polar surface area (TPSA) is 85.0 Å². The van der Waals surface area contributed by atoms with Crippen LogP contribution in [-0.4, -0.2) is 66.9 Å². The first kappa shape index (κ1) is 26.5. The lowest BCUT2D eigenvalue weighted by atomic mass is 9.96. The van der Waals surface area contributed by atoms with Crippen molar-refractivity contribution in [3.63, 3.8) is 0 Å². The van der Waals surface area contributed by atoms with Crippen molar-refractivity contribution in [1.29, 1.82) is 0 Å². The van der Waals surface area contributed by atoms with E-state index in [0.29, 0.717) is 50.4 Å². The molecule has 2 aromatic carbocycles. The summed E-state index contributed by atoms with van der Waals surface area (Å²) in [6, 6.07) is 15.7. The number of carbonyl (C=O) groups excluding carboxylic acids is 3. The first-order valence-corrected chi connectivity index (χ1v) is 13.5. The SMILES string of the molecule is CCC(=O)Nc1ccc(N2CCN(C(=O)NC3CCCCC3)CC2)c(C(=O)N(C)Cc2ccccc2)c1. The second-order valence-corrected chi connectivity index (χ2v) is 10.0. The zero-order valence-corrected chi connectivity index (χ0v) is 22.0. The van der Waals surface area contributed by atoms with Crippen LogP contribution in [0, 0.1) is 0 Å². The number of amides is 4. The lowest BCUT2D eigenvalue weighted by Gasteiger charge is -2.38. The van der Waals surface area contributed by atoms with Gasteiger partial charge < -0.3 is 25.3 Å². The van der Waals surface area contributed by atoms with Gasteiger partial charge in [-0.2, -0.15) is 0 Å². The predicted molar refractivity (Wildman–Crippen MR) is 147 cm³/mol. The maximum absolute atomic E-state index is 13.6. The molecule has 4 amide bonds. The number of benzene rings is 2. The molecule has 198 valence electrons. The Bertz CT molecular complexity index is 1080. The fraction of sp³-hybridized carbons (Fsp3) is 0.483. The quantitative estimate of drug-likeness (QED) is 0.581. The number of nitrogens with one attached hydrogen (secondary N) is 2. The summed E-state index contributed by atoms with van der Waals surface area (Å²) in [6.07, 6.45) is 6.12. The van der Waals surface area contributed by atoms with Crippen LogP contribution in [0.15, 0.2) is 48.5 Å². The summed E-state index contributed by atoms with van der Waals surface area (Å²) in [7, 11) is 1.80. The van der Waals surface area contributed by atoms with Crippen molar-refractivity contribution in [3.05, 3.63) is 59.7 Å². The molecule has 8 heteroatoms. The normalized spacial score (nSPS) is 16.3. The molecular weight excluding hydrogens is 466 g/mol. The number of carbonyl (C=O) groups is 3. The Morgan fingerprint density at radius 3 is 2.32 bits per heavy atom. The molecule has 0 radical (unpaired) electrons. The maximum atomic E-state index is 13.6. The number of rotatable bonds is 7. The molecular formula is C29H39N5O3. The first-order valence-electron chi connectivity index (χ1n) is 13.5. The fourth-order valence-electron chi connectivity index (χ4n) is 5.11. The van der Waals surface area contributed by atoms with E-state index in [2.05, 4.69) is 15.5 Å². The van der Waals surface area contributed by atoms with Crippen molar-refractivity contribution >= 4 is 29.2 Å². The van der Waals surface area contributed by atoms with Crippen molar-refractivity contribution in [1.82, 2.24) is 15.1 Å². The summed E-state index contributed by atoms with van der Waals surface area (Å²) in [6.45, 7) is 4.76. The van der Waals surface area contributed by atoms with E-state index in [1.54, 1.807) is 24.9 Å². The number of anilines is 2. The molecule has 8 nitrogen and oxygen atoms in total. The smallest absolute Gasteiger partial charge is 0.317 e. The minimum atomic E-state index is -0.107. The minimum Gasteiger partial charge on any atom is -0.367 e. The van der Waals surface area contributed by atoms with E-state index in [-0.39, 0.29) is 23.9 Å². The molecule has 0 atom stereocenters. The van der Waals surface area contributed by atoms with Gasteiger partial charge in [0.2, 0.25) is 5.91 Å². The van der Waals surface area contributed by atoms with Crippen LogP contribution in [0.25, 0.3) is 0 Å². The fourth-order valence-corrected chi connectivity index (χ4v) is 5.11. The molecule has 1 saturated carbocycles. The Balaban J connectivity index is 1.47. The van der Waals surface area contributed by atoms with Crippen LogP contribution in [0.2, 0.25) is 0 Å². The Morgan fingerprint density at radius 1 is 0.946 bits per heavy atom.